The van der Waals surface area contributed by atoms with Gasteiger partial charge in [0.1, 0.15) is 11.3 Å². The van der Waals surface area contributed by atoms with Gasteiger partial charge in [0.05, 0.1) is 11.3 Å². The van der Waals surface area contributed by atoms with Crippen molar-refractivity contribution >= 4 is 23.0 Å². The Labute approximate surface area is 181 Å². The van der Waals surface area contributed by atoms with Crippen molar-refractivity contribution in [3.63, 3.8) is 0 Å². The zero-order valence-corrected chi connectivity index (χ0v) is 18.0. The first-order valence-corrected chi connectivity index (χ1v) is 11.0. The molecule has 8 heteroatoms. The molecule has 1 aliphatic carbocycles. The van der Waals surface area contributed by atoms with Crippen molar-refractivity contribution in [3.8, 4) is 11.3 Å². The van der Waals surface area contributed by atoms with Gasteiger partial charge in [-0.25, -0.2) is 9.37 Å². The third-order valence-corrected chi connectivity index (χ3v) is 6.21. The number of nitrogens with one attached hydrogen (secondary N) is 2. The Bertz CT molecular complexity index is 864. The first-order chi connectivity index (χ1) is 14.4. The van der Waals surface area contributed by atoms with Crippen LogP contribution >= 0.6 is 11.6 Å². The molecule has 0 aromatic carbocycles. The molecule has 0 unspecified atom stereocenters. The first-order valence-electron chi connectivity index (χ1n) is 10.6. The van der Waals surface area contributed by atoms with Gasteiger partial charge in [-0.15, -0.1) is 0 Å². The summed E-state index contributed by atoms with van der Waals surface area (Å²) in [6.07, 6.45) is 6.20. The van der Waals surface area contributed by atoms with E-state index in [1.165, 1.54) is 0 Å². The molecule has 2 aromatic rings. The van der Waals surface area contributed by atoms with E-state index in [0.717, 1.165) is 61.4 Å². The molecule has 3 N–H and O–H groups in total. The summed E-state index contributed by atoms with van der Waals surface area (Å²) >= 11 is 6.17. The number of hydrogen-bond donors (Lipinski definition) is 3. The van der Waals surface area contributed by atoms with Crippen LogP contribution in [-0.2, 0) is 0 Å². The van der Waals surface area contributed by atoms with Crippen LogP contribution in [0.5, 0.6) is 0 Å². The molecule has 4 rings (SSSR count). The second-order valence-corrected chi connectivity index (χ2v) is 9.07. The molecule has 0 atom stereocenters. The van der Waals surface area contributed by atoms with Crippen LogP contribution in [0.25, 0.3) is 11.3 Å². The fraction of sp³-hybridized carbons (Fsp3) is 0.545. The van der Waals surface area contributed by atoms with Crippen LogP contribution < -0.4 is 10.6 Å². The quantitative estimate of drug-likeness (QED) is 0.574. The molecule has 1 saturated heterocycles. The molecule has 2 aliphatic rings. The average Bonchev–Trinajstić information content (AvgIpc) is 2.69. The molecule has 162 valence electrons. The molecular weight excluding hydrogens is 405 g/mol. The van der Waals surface area contributed by atoms with Crippen LogP contribution in [0, 0.1) is 0 Å². The number of likely N-dealkylation sites (tertiary alicyclic amines) is 1. The highest BCUT2D eigenvalue weighted by molar-refractivity contribution is 6.29. The fourth-order valence-corrected chi connectivity index (χ4v) is 4.25. The van der Waals surface area contributed by atoms with Crippen molar-refractivity contribution in [2.24, 2.45) is 0 Å². The fourth-order valence-electron chi connectivity index (χ4n) is 4.09. The molecule has 2 fully saturated rings. The second kappa shape index (κ2) is 9.04. The summed E-state index contributed by atoms with van der Waals surface area (Å²) in [5.74, 6) is 0. The first kappa shape index (κ1) is 21.3. The second-order valence-electron chi connectivity index (χ2n) is 8.68. The number of rotatable bonds is 7. The lowest BCUT2D eigenvalue weighted by Gasteiger charge is -2.34. The van der Waals surface area contributed by atoms with Gasteiger partial charge in [-0.2, -0.15) is 0 Å². The topological polar surface area (TPSA) is 73.3 Å². The lowest BCUT2D eigenvalue weighted by atomic mass is 9.83. The number of alkyl halides is 1. The Morgan fingerprint density at radius 2 is 2.03 bits per heavy atom. The summed E-state index contributed by atoms with van der Waals surface area (Å²) in [5.41, 5.74) is 3.00. The van der Waals surface area contributed by atoms with Gasteiger partial charge in [-0.3, -0.25) is 9.88 Å². The van der Waals surface area contributed by atoms with Gasteiger partial charge < -0.3 is 15.7 Å². The van der Waals surface area contributed by atoms with E-state index in [2.05, 4.69) is 25.5 Å². The zero-order chi connectivity index (χ0) is 21.1. The molecule has 0 radical (unpaired) electrons. The molecule has 0 spiro atoms. The third kappa shape index (κ3) is 5.39. The van der Waals surface area contributed by atoms with E-state index in [4.69, 9.17) is 11.6 Å². The summed E-state index contributed by atoms with van der Waals surface area (Å²) in [6, 6.07) is 6.04. The Kier molecular flexibility index (Phi) is 6.41. The molecule has 0 bridgehead atoms. The third-order valence-electron chi connectivity index (χ3n) is 6.00. The van der Waals surface area contributed by atoms with Gasteiger partial charge in [0, 0.05) is 61.6 Å². The smallest absolute Gasteiger partial charge is 0.131 e. The molecule has 2 aromatic heterocycles. The Morgan fingerprint density at radius 3 is 2.77 bits per heavy atom. The van der Waals surface area contributed by atoms with Crippen molar-refractivity contribution in [2.75, 3.05) is 36.8 Å². The van der Waals surface area contributed by atoms with E-state index in [9.17, 15) is 9.50 Å². The molecular formula is C22H29ClFN5O. The molecule has 0 amide bonds. The minimum atomic E-state index is -0.670. The van der Waals surface area contributed by atoms with Gasteiger partial charge >= 0.3 is 0 Å². The van der Waals surface area contributed by atoms with E-state index in [1.54, 1.807) is 12.4 Å². The van der Waals surface area contributed by atoms with Crippen LogP contribution in [0.1, 0.15) is 32.6 Å². The number of nitrogens with zero attached hydrogens (tertiary/aromatic N) is 3. The minimum Gasteiger partial charge on any atom is -0.390 e. The average molecular weight is 434 g/mol. The lowest BCUT2D eigenvalue weighted by molar-refractivity contribution is 0.0196. The van der Waals surface area contributed by atoms with Crippen molar-refractivity contribution in [2.45, 2.75) is 50.4 Å². The normalized spacial score (nSPS) is 25.0. The largest absolute Gasteiger partial charge is 0.390 e. The van der Waals surface area contributed by atoms with E-state index < -0.39 is 11.8 Å². The van der Waals surface area contributed by atoms with Crippen LogP contribution in [-0.4, -0.2) is 64.0 Å². The number of anilines is 2. The maximum atomic E-state index is 12.9. The number of aromatic nitrogens is 2. The number of pyridine rings is 2. The SMILES string of the molecule is CC1(O)CCC(Nc2cc(Cl)ncc2-c2cc(NCCN3CC(F)C3)ccn2)CC1. The Hall–Kier alpha value is -1.96. The summed E-state index contributed by atoms with van der Waals surface area (Å²) in [4.78, 5) is 10.9. The summed E-state index contributed by atoms with van der Waals surface area (Å²) in [5, 5.41) is 17.6. The van der Waals surface area contributed by atoms with Gasteiger partial charge in [-0.1, -0.05) is 11.6 Å². The lowest BCUT2D eigenvalue weighted by Crippen LogP contribution is -2.49. The predicted molar refractivity (Wildman–Crippen MR) is 119 cm³/mol. The predicted octanol–water partition coefficient (Wildman–Crippen LogP) is 3.97. The highest BCUT2D eigenvalue weighted by atomic mass is 35.5. The van der Waals surface area contributed by atoms with Crippen molar-refractivity contribution in [3.05, 3.63) is 35.7 Å². The highest BCUT2D eigenvalue weighted by Crippen LogP contribution is 2.34. The maximum Gasteiger partial charge on any atom is 0.131 e. The Morgan fingerprint density at radius 1 is 1.27 bits per heavy atom. The summed E-state index contributed by atoms with van der Waals surface area (Å²) in [6.45, 7) is 4.54. The number of hydrogen-bond acceptors (Lipinski definition) is 6. The standard InChI is InChI=1S/C22H29ClFN5O/c1-22(30)5-2-16(3-6-22)28-20-11-21(23)27-12-18(20)19-10-17(4-7-26-19)25-8-9-29-13-15(24)14-29/h4,7,10-12,15-16,30H,2-3,5-6,8-9,13-14H2,1H3,(H,25,26)(H,27,28). The van der Waals surface area contributed by atoms with Crippen LogP contribution in [0.2, 0.25) is 5.15 Å². The number of aliphatic hydroxyl groups is 1. The van der Waals surface area contributed by atoms with Crippen molar-refractivity contribution < 1.29 is 9.50 Å². The summed E-state index contributed by atoms with van der Waals surface area (Å²) in [7, 11) is 0. The number of halogens is 2. The van der Waals surface area contributed by atoms with E-state index in [1.807, 2.05) is 25.1 Å². The van der Waals surface area contributed by atoms with Crippen LogP contribution in [0.3, 0.4) is 0 Å². The van der Waals surface area contributed by atoms with E-state index in [0.29, 0.717) is 18.2 Å². The van der Waals surface area contributed by atoms with Gasteiger partial charge in [0.15, 0.2) is 0 Å². The monoisotopic (exact) mass is 433 g/mol. The van der Waals surface area contributed by atoms with Gasteiger partial charge in [-0.05, 0) is 50.8 Å². The van der Waals surface area contributed by atoms with Gasteiger partial charge in [0.25, 0.3) is 0 Å². The van der Waals surface area contributed by atoms with Gasteiger partial charge in [0.2, 0.25) is 0 Å². The van der Waals surface area contributed by atoms with Crippen molar-refractivity contribution in [1.29, 1.82) is 0 Å². The molecule has 30 heavy (non-hydrogen) atoms. The maximum absolute atomic E-state index is 12.9. The van der Waals surface area contributed by atoms with Crippen molar-refractivity contribution in [1.82, 2.24) is 14.9 Å². The zero-order valence-electron chi connectivity index (χ0n) is 17.2. The van der Waals surface area contributed by atoms with Crippen LogP contribution in [0.15, 0.2) is 30.6 Å². The van der Waals surface area contributed by atoms with E-state index in [-0.39, 0.29) is 6.04 Å². The molecule has 1 saturated carbocycles. The highest BCUT2D eigenvalue weighted by Gasteiger charge is 2.29. The molecule has 6 nitrogen and oxygen atoms in total. The molecule has 3 heterocycles. The van der Waals surface area contributed by atoms with Crippen LogP contribution in [0.4, 0.5) is 15.8 Å². The summed E-state index contributed by atoms with van der Waals surface area (Å²) < 4.78 is 12.9. The molecule has 1 aliphatic heterocycles. The Balaban J connectivity index is 1.44. The minimum absolute atomic E-state index is 0.277. The van der Waals surface area contributed by atoms with E-state index >= 15 is 0 Å².